The van der Waals surface area contributed by atoms with Crippen molar-refractivity contribution in [2.24, 2.45) is 0 Å². The van der Waals surface area contributed by atoms with Crippen LogP contribution in [0.3, 0.4) is 0 Å². The van der Waals surface area contributed by atoms with Crippen molar-refractivity contribution in [2.75, 3.05) is 25.2 Å². The molecule has 0 aromatic heterocycles. The molecule has 0 aliphatic heterocycles. The number of Topliss-reactive ketones (excluding diaryl/α,β-unsaturated/α-hetero) is 1. The summed E-state index contributed by atoms with van der Waals surface area (Å²) in [6.07, 6.45) is 0. The number of benzene rings is 1. The Labute approximate surface area is 111 Å². The molecule has 4 nitrogen and oxygen atoms in total. The molecule has 1 aromatic carbocycles. The van der Waals surface area contributed by atoms with Crippen molar-refractivity contribution in [3.8, 4) is 5.75 Å². The Morgan fingerprint density at radius 1 is 1.28 bits per heavy atom. The summed E-state index contributed by atoms with van der Waals surface area (Å²) in [5.41, 5.74) is 0.589. The highest BCUT2D eigenvalue weighted by molar-refractivity contribution is 8.00. The average molecular weight is 268 g/mol. The highest BCUT2D eigenvalue weighted by atomic mass is 32.2. The number of thioether (sulfide) groups is 1. The highest BCUT2D eigenvalue weighted by Gasteiger charge is 2.09. The maximum absolute atomic E-state index is 11.8. The summed E-state index contributed by atoms with van der Waals surface area (Å²) < 4.78 is 9.82. The Hall–Kier alpha value is -1.49. The largest absolute Gasteiger partial charge is 0.497 e. The van der Waals surface area contributed by atoms with Gasteiger partial charge in [0.2, 0.25) is 0 Å². The summed E-state index contributed by atoms with van der Waals surface area (Å²) in [5, 5.41) is 0. The smallest absolute Gasteiger partial charge is 0.315 e. The van der Waals surface area contributed by atoms with Crippen LogP contribution in [0.4, 0.5) is 0 Å². The molecule has 0 heterocycles. The van der Waals surface area contributed by atoms with Crippen molar-refractivity contribution in [3.05, 3.63) is 29.8 Å². The van der Waals surface area contributed by atoms with Crippen LogP contribution in [0.25, 0.3) is 0 Å². The molecular weight excluding hydrogens is 252 g/mol. The van der Waals surface area contributed by atoms with E-state index in [0.717, 1.165) is 0 Å². The van der Waals surface area contributed by atoms with Gasteiger partial charge in [0.25, 0.3) is 0 Å². The minimum atomic E-state index is -0.291. The van der Waals surface area contributed by atoms with Crippen molar-refractivity contribution in [1.29, 1.82) is 0 Å². The summed E-state index contributed by atoms with van der Waals surface area (Å²) in [5.74, 6) is 0.788. The fraction of sp³-hybridized carbons (Fsp3) is 0.385. The maximum Gasteiger partial charge on any atom is 0.315 e. The van der Waals surface area contributed by atoms with Crippen LogP contribution in [0.1, 0.15) is 17.3 Å². The molecule has 1 rings (SSSR count). The van der Waals surface area contributed by atoms with Crippen molar-refractivity contribution < 1.29 is 19.1 Å². The third kappa shape index (κ3) is 4.79. The lowest BCUT2D eigenvalue weighted by Gasteiger charge is -2.04. The van der Waals surface area contributed by atoms with Crippen LogP contribution in [-0.4, -0.2) is 37.0 Å². The number of methoxy groups -OCH3 is 1. The Bertz CT molecular complexity index is 417. The van der Waals surface area contributed by atoms with Crippen LogP contribution in [0, 0.1) is 0 Å². The molecule has 0 spiro atoms. The second-order valence-corrected chi connectivity index (χ2v) is 4.44. The van der Waals surface area contributed by atoms with Gasteiger partial charge in [0, 0.05) is 5.56 Å². The minimum Gasteiger partial charge on any atom is -0.497 e. The molecule has 0 fully saturated rings. The Kier molecular flexibility index (Phi) is 6.28. The molecule has 0 radical (unpaired) electrons. The number of carbonyl (C=O) groups excluding carboxylic acids is 2. The fourth-order valence-corrected chi connectivity index (χ4v) is 2.01. The van der Waals surface area contributed by atoms with E-state index in [-0.39, 0.29) is 23.3 Å². The fourth-order valence-electron chi connectivity index (χ4n) is 1.31. The molecule has 1 aromatic rings. The Morgan fingerprint density at radius 3 is 2.72 bits per heavy atom. The summed E-state index contributed by atoms with van der Waals surface area (Å²) in [6.45, 7) is 2.12. The van der Waals surface area contributed by atoms with Gasteiger partial charge in [-0.1, -0.05) is 12.1 Å². The third-order valence-corrected chi connectivity index (χ3v) is 3.06. The van der Waals surface area contributed by atoms with Gasteiger partial charge in [0.1, 0.15) is 5.75 Å². The Balaban J connectivity index is 2.42. The monoisotopic (exact) mass is 268 g/mol. The van der Waals surface area contributed by atoms with Gasteiger partial charge < -0.3 is 9.47 Å². The van der Waals surface area contributed by atoms with E-state index in [1.807, 2.05) is 0 Å². The van der Waals surface area contributed by atoms with E-state index in [1.165, 1.54) is 11.8 Å². The zero-order valence-corrected chi connectivity index (χ0v) is 11.3. The summed E-state index contributed by atoms with van der Waals surface area (Å²) in [7, 11) is 1.55. The topological polar surface area (TPSA) is 52.6 Å². The molecule has 0 aliphatic carbocycles. The van der Waals surface area contributed by atoms with Gasteiger partial charge in [-0.05, 0) is 19.1 Å². The molecule has 18 heavy (non-hydrogen) atoms. The first kappa shape index (κ1) is 14.6. The van der Waals surface area contributed by atoms with Crippen LogP contribution < -0.4 is 4.74 Å². The number of esters is 1. The number of hydrogen-bond donors (Lipinski definition) is 0. The first-order chi connectivity index (χ1) is 8.67. The van der Waals surface area contributed by atoms with Gasteiger partial charge in [-0.15, -0.1) is 11.8 Å². The number of rotatable bonds is 7. The van der Waals surface area contributed by atoms with Gasteiger partial charge in [0.15, 0.2) is 5.78 Å². The lowest BCUT2D eigenvalue weighted by molar-refractivity contribution is -0.139. The average Bonchev–Trinajstić information content (AvgIpc) is 2.39. The van der Waals surface area contributed by atoms with Crippen molar-refractivity contribution in [1.82, 2.24) is 0 Å². The van der Waals surface area contributed by atoms with Crippen molar-refractivity contribution >= 4 is 23.5 Å². The molecule has 0 saturated heterocycles. The molecule has 0 aliphatic rings. The number of hydrogen-bond acceptors (Lipinski definition) is 5. The highest BCUT2D eigenvalue weighted by Crippen LogP contribution is 2.15. The molecule has 0 saturated carbocycles. The zero-order chi connectivity index (χ0) is 13.4. The van der Waals surface area contributed by atoms with Crippen molar-refractivity contribution in [2.45, 2.75) is 6.92 Å². The predicted octanol–water partition coefficient (Wildman–Crippen LogP) is 2.17. The first-order valence-electron chi connectivity index (χ1n) is 5.58. The first-order valence-corrected chi connectivity index (χ1v) is 6.73. The second kappa shape index (κ2) is 7.76. The molecule has 5 heteroatoms. The maximum atomic E-state index is 11.8. The van der Waals surface area contributed by atoms with Gasteiger partial charge in [-0.25, -0.2) is 0 Å². The van der Waals surface area contributed by atoms with Crippen LogP contribution in [-0.2, 0) is 9.53 Å². The van der Waals surface area contributed by atoms with E-state index in [0.29, 0.717) is 17.9 Å². The van der Waals surface area contributed by atoms with Crippen LogP contribution in [0.2, 0.25) is 0 Å². The molecular formula is C13H16O4S. The minimum absolute atomic E-state index is 0.0248. The van der Waals surface area contributed by atoms with Gasteiger partial charge in [-0.2, -0.15) is 0 Å². The quantitative estimate of drug-likeness (QED) is 0.560. The molecule has 0 bridgehead atoms. The molecule has 0 unspecified atom stereocenters. The normalized spacial score (nSPS) is 9.89. The zero-order valence-electron chi connectivity index (χ0n) is 10.5. The molecule has 0 atom stereocenters. The van der Waals surface area contributed by atoms with Gasteiger partial charge in [0.05, 0.1) is 25.2 Å². The van der Waals surface area contributed by atoms with Crippen molar-refractivity contribution in [3.63, 3.8) is 0 Å². The van der Waals surface area contributed by atoms with E-state index >= 15 is 0 Å². The third-order valence-electron chi connectivity index (χ3n) is 2.15. The number of ketones is 1. The Morgan fingerprint density at radius 2 is 2.06 bits per heavy atom. The van der Waals surface area contributed by atoms with Crippen LogP contribution in [0.5, 0.6) is 5.75 Å². The van der Waals surface area contributed by atoms with E-state index in [9.17, 15) is 9.59 Å². The lowest BCUT2D eigenvalue weighted by Crippen LogP contribution is -2.10. The summed E-state index contributed by atoms with van der Waals surface area (Å²) >= 11 is 1.25. The summed E-state index contributed by atoms with van der Waals surface area (Å²) in [6, 6.07) is 6.97. The number of carbonyl (C=O) groups is 2. The van der Waals surface area contributed by atoms with Gasteiger partial charge >= 0.3 is 5.97 Å². The summed E-state index contributed by atoms with van der Waals surface area (Å²) in [4.78, 5) is 22.9. The molecule has 0 N–H and O–H groups in total. The predicted molar refractivity (Wildman–Crippen MR) is 71.3 cm³/mol. The van der Waals surface area contributed by atoms with Crippen LogP contribution in [0.15, 0.2) is 24.3 Å². The van der Waals surface area contributed by atoms with E-state index < -0.39 is 0 Å². The second-order valence-electron chi connectivity index (χ2n) is 3.45. The lowest BCUT2D eigenvalue weighted by atomic mass is 10.1. The molecule has 98 valence electrons. The standard InChI is InChI=1S/C13H16O4S/c1-3-17-13(15)9-18-8-12(14)10-5-4-6-11(7-10)16-2/h4-7H,3,8-9H2,1-2H3. The van der Waals surface area contributed by atoms with Crippen LogP contribution >= 0.6 is 11.8 Å². The van der Waals surface area contributed by atoms with Gasteiger partial charge in [-0.3, -0.25) is 9.59 Å². The number of ether oxygens (including phenoxy) is 2. The molecule has 0 amide bonds. The van der Waals surface area contributed by atoms with E-state index in [2.05, 4.69) is 0 Å². The SMILES string of the molecule is CCOC(=O)CSCC(=O)c1cccc(OC)c1. The van der Waals surface area contributed by atoms with E-state index in [4.69, 9.17) is 9.47 Å². The van der Waals surface area contributed by atoms with E-state index in [1.54, 1.807) is 38.3 Å².